The van der Waals surface area contributed by atoms with E-state index in [0.29, 0.717) is 24.5 Å². The number of imidazole rings is 1. The first kappa shape index (κ1) is 17.1. The molecular formula is C16H21FN4O2S. The molecule has 3 rings (SSSR count). The van der Waals surface area contributed by atoms with Crippen molar-refractivity contribution in [1.29, 1.82) is 0 Å². The van der Waals surface area contributed by atoms with Crippen molar-refractivity contribution in [1.82, 2.24) is 18.6 Å². The minimum Gasteiger partial charge on any atom is -0.336 e. The monoisotopic (exact) mass is 352 g/mol. The lowest BCUT2D eigenvalue weighted by atomic mass is 10.1. The Morgan fingerprint density at radius 3 is 2.62 bits per heavy atom. The Hall–Kier alpha value is -1.77. The van der Waals surface area contributed by atoms with E-state index in [1.807, 2.05) is 0 Å². The summed E-state index contributed by atoms with van der Waals surface area (Å²) in [5.74, 6) is 0.102. The van der Waals surface area contributed by atoms with Gasteiger partial charge in [-0.15, -0.1) is 0 Å². The molecule has 0 saturated carbocycles. The Labute approximate surface area is 141 Å². The van der Waals surface area contributed by atoms with Crippen molar-refractivity contribution in [2.45, 2.75) is 25.3 Å². The minimum atomic E-state index is -3.68. The summed E-state index contributed by atoms with van der Waals surface area (Å²) >= 11 is 0. The molecule has 130 valence electrons. The molecule has 1 fully saturated rings. The molecule has 1 atom stereocenters. The first-order valence-corrected chi connectivity index (χ1v) is 9.41. The maximum Gasteiger partial charge on any atom is 0.280 e. The molecule has 0 aliphatic carbocycles. The van der Waals surface area contributed by atoms with Gasteiger partial charge in [0.05, 0.1) is 0 Å². The van der Waals surface area contributed by atoms with E-state index in [1.165, 1.54) is 16.4 Å². The molecule has 1 aliphatic rings. The van der Waals surface area contributed by atoms with Gasteiger partial charge in [0.25, 0.3) is 10.2 Å². The predicted octanol–water partition coefficient (Wildman–Crippen LogP) is 1.97. The molecule has 0 radical (unpaired) electrons. The molecule has 2 aromatic rings. The van der Waals surface area contributed by atoms with Gasteiger partial charge in [0, 0.05) is 32.5 Å². The van der Waals surface area contributed by atoms with Gasteiger partial charge in [0.1, 0.15) is 17.7 Å². The SMILES string of the molecule is Cn1ccnc1[C@H](NS(=O)(=O)N1CCCCC1)c1cccc(F)c1. The van der Waals surface area contributed by atoms with Crippen LogP contribution in [0.25, 0.3) is 0 Å². The van der Waals surface area contributed by atoms with Crippen molar-refractivity contribution in [2.24, 2.45) is 7.05 Å². The largest absolute Gasteiger partial charge is 0.336 e. The number of aryl methyl sites for hydroxylation is 1. The highest BCUT2D eigenvalue weighted by atomic mass is 32.2. The van der Waals surface area contributed by atoms with E-state index in [0.717, 1.165) is 19.3 Å². The summed E-state index contributed by atoms with van der Waals surface area (Å²) in [5.41, 5.74) is 0.518. The van der Waals surface area contributed by atoms with Crippen molar-refractivity contribution < 1.29 is 12.8 Å². The van der Waals surface area contributed by atoms with E-state index in [-0.39, 0.29) is 0 Å². The van der Waals surface area contributed by atoms with Crippen molar-refractivity contribution in [3.8, 4) is 0 Å². The van der Waals surface area contributed by atoms with Gasteiger partial charge in [-0.25, -0.2) is 9.37 Å². The number of hydrogen-bond donors (Lipinski definition) is 1. The number of hydrogen-bond acceptors (Lipinski definition) is 3. The zero-order valence-electron chi connectivity index (χ0n) is 13.5. The van der Waals surface area contributed by atoms with Crippen LogP contribution in [-0.4, -0.2) is 35.4 Å². The van der Waals surface area contributed by atoms with Gasteiger partial charge in [0.2, 0.25) is 0 Å². The first-order valence-electron chi connectivity index (χ1n) is 7.97. The third-order valence-corrected chi connectivity index (χ3v) is 5.80. The number of benzene rings is 1. The van der Waals surface area contributed by atoms with Gasteiger partial charge >= 0.3 is 0 Å². The van der Waals surface area contributed by atoms with Gasteiger partial charge < -0.3 is 4.57 Å². The summed E-state index contributed by atoms with van der Waals surface area (Å²) in [4.78, 5) is 4.25. The van der Waals surface area contributed by atoms with Crippen LogP contribution in [0.4, 0.5) is 4.39 Å². The number of nitrogens with zero attached hydrogens (tertiary/aromatic N) is 3. The standard InChI is InChI=1S/C16H21FN4O2S/c1-20-11-8-18-16(20)15(13-6-5-7-14(17)12-13)19-24(22,23)21-9-3-2-4-10-21/h5-8,11-12,15,19H,2-4,9-10H2,1H3/t15-/m1/s1. The highest BCUT2D eigenvalue weighted by Gasteiger charge is 2.30. The molecule has 24 heavy (non-hydrogen) atoms. The molecule has 1 N–H and O–H groups in total. The molecule has 0 bridgehead atoms. The molecule has 0 amide bonds. The molecule has 8 heteroatoms. The van der Waals surface area contributed by atoms with E-state index < -0.39 is 22.1 Å². The summed E-state index contributed by atoms with van der Waals surface area (Å²) in [5, 5.41) is 0. The predicted molar refractivity (Wildman–Crippen MR) is 88.9 cm³/mol. The Morgan fingerprint density at radius 2 is 2.00 bits per heavy atom. The number of aromatic nitrogens is 2. The van der Waals surface area contributed by atoms with E-state index in [9.17, 15) is 12.8 Å². The summed E-state index contributed by atoms with van der Waals surface area (Å²) in [6.45, 7) is 1.01. The molecule has 2 heterocycles. The summed E-state index contributed by atoms with van der Waals surface area (Å²) in [6, 6.07) is 5.18. The molecular weight excluding hydrogens is 331 g/mol. The van der Waals surface area contributed by atoms with Crippen LogP contribution in [0.2, 0.25) is 0 Å². The van der Waals surface area contributed by atoms with Crippen LogP contribution < -0.4 is 4.72 Å². The second-order valence-electron chi connectivity index (χ2n) is 5.97. The third kappa shape index (κ3) is 3.66. The molecule has 0 unspecified atom stereocenters. The number of rotatable bonds is 5. The molecule has 1 saturated heterocycles. The third-order valence-electron chi connectivity index (χ3n) is 4.22. The van der Waals surface area contributed by atoms with Gasteiger partial charge in [0.15, 0.2) is 0 Å². The number of halogens is 1. The lowest BCUT2D eigenvalue weighted by Crippen LogP contribution is -2.45. The van der Waals surface area contributed by atoms with Crippen LogP contribution in [0.1, 0.15) is 36.7 Å². The smallest absolute Gasteiger partial charge is 0.280 e. The van der Waals surface area contributed by atoms with E-state index >= 15 is 0 Å². The van der Waals surface area contributed by atoms with Crippen molar-refractivity contribution in [3.05, 3.63) is 53.9 Å². The Morgan fingerprint density at radius 1 is 1.25 bits per heavy atom. The molecule has 1 aromatic heterocycles. The van der Waals surface area contributed by atoms with Crippen LogP contribution in [-0.2, 0) is 17.3 Å². The normalized spacial score (nSPS) is 17.8. The van der Waals surface area contributed by atoms with Crippen molar-refractivity contribution in [2.75, 3.05) is 13.1 Å². The minimum absolute atomic E-state index is 0.413. The van der Waals surface area contributed by atoms with Crippen molar-refractivity contribution >= 4 is 10.2 Å². The lowest BCUT2D eigenvalue weighted by molar-refractivity contribution is 0.339. The zero-order valence-corrected chi connectivity index (χ0v) is 14.3. The maximum atomic E-state index is 13.6. The fourth-order valence-electron chi connectivity index (χ4n) is 2.94. The van der Waals surface area contributed by atoms with Crippen LogP contribution in [0.5, 0.6) is 0 Å². The highest BCUT2D eigenvalue weighted by Crippen LogP contribution is 2.23. The Bertz CT molecular complexity index is 800. The lowest BCUT2D eigenvalue weighted by Gasteiger charge is -2.28. The molecule has 6 nitrogen and oxygen atoms in total. The fourth-order valence-corrected chi connectivity index (χ4v) is 4.37. The van der Waals surface area contributed by atoms with Crippen LogP contribution in [0.15, 0.2) is 36.7 Å². The molecule has 0 spiro atoms. The Kier molecular flexibility index (Phi) is 4.98. The van der Waals surface area contributed by atoms with Crippen LogP contribution in [0.3, 0.4) is 0 Å². The Balaban J connectivity index is 1.95. The van der Waals surface area contributed by atoms with Gasteiger partial charge in [-0.05, 0) is 30.5 Å². The number of piperidine rings is 1. The molecule has 1 aromatic carbocycles. The average Bonchev–Trinajstić information content (AvgIpc) is 2.99. The fraction of sp³-hybridized carbons (Fsp3) is 0.438. The van der Waals surface area contributed by atoms with Gasteiger partial charge in [-0.3, -0.25) is 0 Å². The maximum absolute atomic E-state index is 13.6. The quantitative estimate of drug-likeness (QED) is 0.895. The van der Waals surface area contributed by atoms with E-state index in [2.05, 4.69) is 9.71 Å². The first-order chi connectivity index (χ1) is 11.5. The highest BCUT2D eigenvalue weighted by molar-refractivity contribution is 7.87. The molecule has 1 aliphatic heterocycles. The summed E-state index contributed by atoms with van der Waals surface area (Å²) in [6.07, 6.45) is 6.08. The van der Waals surface area contributed by atoms with Gasteiger partial charge in [-0.2, -0.15) is 17.4 Å². The second-order valence-corrected chi connectivity index (χ2v) is 7.67. The average molecular weight is 352 g/mol. The van der Waals surface area contributed by atoms with E-state index in [1.54, 1.807) is 36.1 Å². The van der Waals surface area contributed by atoms with Gasteiger partial charge in [-0.1, -0.05) is 18.6 Å². The zero-order chi connectivity index (χ0) is 17.2. The number of nitrogens with one attached hydrogen (secondary N) is 1. The summed E-state index contributed by atoms with van der Waals surface area (Å²) in [7, 11) is -1.90. The topological polar surface area (TPSA) is 67.2 Å². The van der Waals surface area contributed by atoms with Crippen molar-refractivity contribution in [3.63, 3.8) is 0 Å². The second kappa shape index (κ2) is 7.00. The van der Waals surface area contributed by atoms with Crippen LogP contribution >= 0.6 is 0 Å². The van der Waals surface area contributed by atoms with Crippen LogP contribution in [0, 0.1) is 5.82 Å². The van der Waals surface area contributed by atoms with E-state index in [4.69, 9.17) is 0 Å². The summed E-state index contributed by atoms with van der Waals surface area (Å²) < 4.78 is 45.0.